The lowest BCUT2D eigenvalue weighted by Gasteiger charge is -2.48. The molecule has 0 aromatic rings. The van der Waals surface area contributed by atoms with Gasteiger partial charge < -0.3 is 0 Å². The number of nitrogens with zero attached hydrogens (tertiary/aromatic N) is 1. The van der Waals surface area contributed by atoms with E-state index < -0.39 is 8.07 Å². The summed E-state index contributed by atoms with van der Waals surface area (Å²) in [7, 11) is -1.67. The molecule has 3 rings (SSSR count). The summed E-state index contributed by atoms with van der Waals surface area (Å²) < 4.78 is 0. The molecular formula is C28H45NOSi. The fourth-order valence-corrected chi connectivity index (χ4v) is 12.3. The van der Waals surface area contributed by atoms with E-state index in [1.807, 2.05) is 6.08 Å². The number of piperidine rings is 1. The van der Waals surface area contributed by atoms with Crippen LogP contribution in [0, 0.1) is 17.4 Å². The molecule has 3 heteroatoms. The maximum Gasteiger partial charge on any atom is 0.146 e. The first-order valence-corrected chi connectivity index (χ1v) is 15.0. The molecule has 4 atom stereocenters. The van der Waals surface area contributed by atoms with Gasteiger partial charge in [0.05, 0.1) is 11.6 Å². The van der Waals surface area contributed by atoms with Gasteiger partial charge in [0.15, 0.2) is 0 Å². The molecular weight excluding hydrogens is 394 g/mol. The third-order valence-corrected chi connectivity index (χ3v) is 14.8. The van der Waals surface area contributed by atoms with E-state index in [-0.39, 0.29) is 5.54 Å². The molecule has 172 valence electrons. The highest BCUT2D eigenvalue weighted by Crippen LogP contribution is 2.54. The number of allylic oxidation sites excluding steroid dienone is 3. The Kier molecular flexibility index (Phi) is 8.11. The Morgan fingerprint density at radius 1 is 1.06 bits per heavy atom. The molecule has 3 fully saturated rings. The second-order valence-corrected chi connectivity index (χ2v) is 16.5. The summed E-state index contributed by atoms with van der Waals surface area (Å²) >= 11 is 0. The number of hydrogen-bond acceptors (Lipinski definition) is 2. The van der Waals surface area contributed by atoms with Crippen molar-refractivity contribution in [1.29, 1.82) is 0 Å². The monoisotopic (exact) mass is 439 g/mol. The van der Waals surface area contributed by atoms with Gasteiger partial charge in [-0.3, -0.25) is 4.84 Å². The predicted molar refractivity (Wildman–Crippen MR) is 136 cm³/mol. The Morgan fingerprint density at radius 3 is 2.32 bits per heavy atom. The van der Waals surface area contributed by atoms with Crippen LogP contribution in [0.15, 0.2) is 37.0 Å². The SMILES string of the molecule is C=C/C=C\C[C@@H]1CCC[C@]23CCC[C@H](ON12)[C@H]3/C=C\C#C[Si](C(C)C)(C(C)C)C(C)C. The van der Waals surface area contributed by atoms with E-state index in [0.717, 1.165) is 6.42 Å². The molecule has 0 unspecified atom stereocenters. The summed E-state index contributed by atoms with van der Waals surface area (Å²) in [6.07, 6.45) is 19.8. The molecule has 3 aliphatic rings. The first-order chi connectivity index (χ1) is 14.8. The number of rotatable bonds is 7. The van der Waals surface area contributed by atoms with Crippen LogP contribution < -0.4 is 0 Å². The van der Waals surface area contributed by atoms with Crippen LogP contribution >= 0.6 is 0 Å². The molecule has 0 amide bonds. The van der Waals surface area contributed by atoms with E-state index in [1.165, 1.54) is 38.5 Å². The minimum absolute atomic E-state index is 0.189. The molecule has 0 aromatic heterocycles. The van der Waals surface area contributed by atoms with Crippen molar-refractivity contribution < 1.29 is 4.84 Å². The lowest BCUT2D eigenvalue weighted by Crippen LogP contribution is -2.55. The van der Waals surface area contributed by atoms with E-state index in [9.17, 15) is 0 Å². The van der Waals surface area contributed by atoms with E-state index in [2.05, 4.69) is 89.0 Å². The second kappa shape index (κ2) is 10.2. The molecule has 31 heavy (non-hydrogen) atoms. The molecule has 2 aliphatic heterocycles. The first kappa shape index (κ1) is 24.6. The van der Waals surface area contributed by atoms with Crippen molar-refractivity contribution in [2.24, 2.45) is 5.92 Å². The molecule has 2 bridgehead atoms. The summed E-state index contributed by atoms with van der Waals surface area (Å²) in [6.45, 7) is 18.1. The Bertz CT molecular complexity index is 714. The Hall–Kier alpha value is -1.08. The van der Waals surface area contributed by atoms with Crippen molar-refractivity contribution in [3.8, 4) is 11.5 Å². The van der Waals surface area contributed by atoms with Crippen molar-refractivity contribution in [3.05, 3.63) is 37.0 Å². The number of hydroxylamine groups is 2. The van der Waals surface area contributed by atoms with E-state index in [0.29, 0.717) is 34.7 Å². The second-order valence-electron chi connectivity index (χ2n) is 11.0. The summed E-state index contributed by atoms with van der Waals surface area (Å²) in [4.78, 5) is 6.63. The number of hydrogen-bond donors (Lipinski definition) is 0. The van der Waals surface area contributed by atoms with Gasteiger partial charge in [-0.05, 0) is 67.6 Å². The van der Waals surface area contributed by atoms with Crippen LogP contribution in [0.2, 0.25) is 16.6 Å². The third kappa shape index (κ3) is 4.54. The molecule has 2 heterocycles. The largest absolute Gasteiger partial charge is 0.294 e. The average molecular weight is 440 g/mol. The van der Waals surface area contributed by atoms with Gasteiger partial charge in [-0.2, -0.15) is 5.06 Å². The van der Waals surface area contributed by atoms with Crippen molar-refractivity contribution in [3.63, 3.8) is 0 Å². The zero-order valence-electron chi connectivity index (χ0n) is 20.9. The van der Waals surface area contributed by atoms with Crippen LogP contribution in [0.4, 0.5) is 0 Å². The standard InChI is InChI=1S/C28H45NOSi/c1-8-9-10-15-25-16-13-19-28-20-14-18-27(30-29(25)28)26(28)17-11-12-21-31(22(2)3,23(4)5)24(6)7/h8-11,17,22-27H,1,13-16,18-20H2,2-7H3/b10-9-,17-11-/t25-,26-,27+,28-/m1/s1. The first-order valence-electron chi connectivity index (χ1n) is 12.7. The van der Waals surface area contributed by atoms with Crippen molar-refractivity contribution in [1.82, 2.24) is 5.06 Å². The van der Waals surface area contributed by atoms with Crippen molar-refractivity contribution in [2.45, 2.75) is 121 Å². The fourth-order valence-electron chi connectivity index (χ4n) is 7.14. The molecule has 1 aliphatic carbocycles. The minimum atomic E-state index is -1.67. The van der Waals surface area contributed by atoms with Crippen molar-refractivity contribution >= 4 is 8.07 Å². The highest BCUT2D eigenvalue weighted by atomic mass is 28.3. The Labute approximate surface area is 193 Å². The summed E-state index contributed by atoms with van der Waals surface area (Å²) in [5.41, 5.74) is 6.09. The highest BCUT2D eigenvalue weighted by molar-refractivity contribution is 6.90. The van der Waals surface area contributed by atoms with Gasteiger partial charge in [-0.25, -0.2) is 0 Å². The van der Waals surface area contributed by atoms with E-state index in [4.69, 9.17) is 4.84 Å². The topological polar surface area (TPSA) is 12.5 Å². The smallest absolute Gasteiger partial charge is 0.146 e. The van der Waals surface area contributed by atoms with E-state index in [1.54, 1.807) is 0 Å². The molecule has 0 aromatic carbocycles. The lowest BCUT2D eigenvalue weighted by atomic mass is 9.67. The van der Waals surface area contributed by atoms with Crippen LogP contribution in [-0.4, -0.2) is 30.8 Å². The minimum Gasteiger partial charge on any atom is -0.294 e. The van der Waals surface area contributed by atoms with Crippen LogP contribution in [-0.2, 0) is 4.84 Å². The van der Waals surface area contributed by atoms with Gasteiger partial charge in [-0.15, -0.1) is 5.54 Å². The van der Waals surface area contributed by atoms with Crippen molar-refractivity contribution in [2.75, 3.05) is 0 Å². The number of fused-ring (bicyclic) bond motifs is 1. The van der Waals surface area contributed by atoms with Gasteiger partial charge in [0, 0.05) is 12.0 Å². The van der Waals surface area contributed by atoms with Gasteiger partial charge in [0.25, 0.3) is 0 Å². The van der Waals surface area contributed by atoms with Crippen LogP contribution in [0.25, 0.3) is 0 Å². The summed E-state index contributed by atoms with van der Waals surface area (Å²) in [6, 6.07) is 0.498. The Balaban J connectivity index is 1.83. The zero-order valence-corrected chi connectivity index (χ0v) is 21.9. The van der Waals surface area contributed by atoms with Crippen LogP contribution in [0.1, 0.15) is 86.5 Å². The molecule has 1 spiro atoms. The molecule has 2 saturated heterocycles. The van der Waals surface area contributed by atoms with Gasteiger partial charge in [0.2, 0.25) is 0 Å². The third-order valence-electron chi connectivity index (χ3n) is 8.51. The summed E-state index contributed by atoms with van der Waals surface area (Å²) in [5.74, 6) is 4.05. The quantitative estimate of drug-likeness (QED) is 0.230. The van der Waals surface area contributed by atoms with Gasteiger partial charge >= 0.3 is 0 Å². The molecule has 1 saturated carbocycles. The summed E-state index contributed by atoms with van der Waals surface area (Å²) in [5, 5.41) is 2.44. The maximum atomic E-state index is 6.63. The van der Waals surface area contributed by atoms with E-state index >= 15 is 0 Å². The predicted octanol–water partition coefficient (Wildman–Crippen LogP) is 7.60. The van der Waals surface area contributed by atoms with Crippen LogP contribution in [0.3, 0.4) is 0 Å². The zero-order chi connectivity index (χ0) is 22.6. The normalized spacial score (nSPS) is 31.6. The molecule has 0 N–H and O–H groups in total. The maximum absolute atomic E-state index is 6.63. The highest BCUT2D eigenvalue weighted by Gasteiger charge is 2.58. The molecule has 0 radical (unpaired) electrons. The average Bonchev–Trinajstić information content (AvgIpc) is 2.88. The van der Waals surface area contributed by atoms with Crippen LogP contribution in [0.5, 0.6) is 0 Å². The molecule has 2 nitrogen and oxygen atoms in total. The lowest BCUT2D eigenvalue weighted by molar-refractivity contribution is -0.221. The fraction of sp³-hybridized carbons (Fsp3) is 0.714. The Morgan fingerprint density at radius 2 is 1.71 bits per heavy atom. The van der Waals surface area contributed by atoms with Gasteiger partial charge in [0.1, 0.15) is 8.07 Å². The van der Waals surface area contributed by atoms with Gasteiger partial charge in [-0.1, -0.05) is 78.3 Å².